The Hall–Kier alpha value is -3.35. The fraction of sp³-hybridized carbons (Fsp3) is 0.333. The van der Waals surface area contributed by atoms with E-state index in [-0.39, 0.29) is 16.8 Å². The van der Waals surface area contributed by atoms with Gasteiger partial charge in [-0.25, -0.2) is 13.2 Å². The molecule has 12 heteroatoms. The van der Waals surface area contributed by atoms with E-state index in [1.807, 2.05) is 18.2 Å². The molecule has 0 atom stereocenters. The number of anilines is 1. The number of nitrogens with zero attached hydrogens (tertiary/aromatic N) is 5. The average Bonchev–Trinajstić information content (AvgIpc) is 3.35. The van der Waals surface area contributed by atoms with Crippen LogP contribution in [0.4, 0.5) is 10.5 Å². The first kappa shape index (κ1) is 22.8. The number of hydrogen-bond donors (Lipinski definition) is 1. The fourth-order valence-corrected chi connectivity index (χ4v) is 4.46. The van der Waals surface area contributed by atoms with Crippen molar-refractivity contribution in [3.63, 3.8) is 0 Å². The molecule has 11 nitrogen and oxygen atoms in total. The van der Waals surface area contributed by atoms with Gasteiger partial charge in [-0.3, -0.25) is 9.82 Å². The smallest absolute Gasteiger partial charge is 0.321 e. The van der Waals surface area contributed by atoms with Crippen molar-refractivity contribution in [1.82, 2.24) is 24.5 Å². The van der Waals surface area contributed by atoms with Crippen molar-refractivity contribution in [3.8, 4) is 11.5 Å². The highest BCUT2D eigenvalue weighted by atomic mass is 32.2. The van der Waals surface area contributed by atoms with Gasteiger partial charge in [-0.05, 0) is 49.2 Å². The van der Waals surface area contributed by atoms with Gasteiger partial charge in [-0.2, -0.15) is 4.98 Å². The zero-order valence-electron chi connectivity index (χ0n) is 18.2. The topological polar surface area (TPSA) is 131 Å². The Bertz CT molecular complexity index is 1190. The summed E-state index contributed by atoms with van der Waals surface area (Å²) in [5.41, 5.74) is 1.15. The molecule has 4 rings (SSSR count). The van der Waals surface area contributed by atoms with Gasteiger partial charge >= 0.3 is 6.03 Å². The van der Waals surface area contributed by atoms with Crippen molar-refractivity contribution in [2.45, 2.75) is 23.7 Å². The highest BCUT2D eigenvalue weighted by Crippen LogP contribution is 2.28. The van der Waals surface area contributed by atoms with Crippen LogP contribution in [-0.4, -0.2) is 66.2 Å². The Morgan fingerprint density at radius 3 is 2.55 bits per heavy atom. The van der Waals surface area contributed by atoms with Crippen LogP contribution in [0.2, 0.25) is 0 Å². The second-order valence-electron chi connectivity index (χ2n) is 7.48. The van der Waals surface area contributed by atoms with E-state index in [1.165, 1.54) is 26.3 Å². The van der Waals surface area contributed by atoms with E-state index in [4.69, 9.17) is 9.36 Å². The summed E-state index contributed by atoms with van der Waals surface area (Å²) in [6.07, 6.45) is 3.06. The standard InChI is InChI=1S/C21H24N6O5S/c1-26(31-2)33(29,30)17-8-6-16(7-9-17)23-21(28)27-13-10-15(11-14-27)20-24-19(25-32-20)18-5-3-4-12-22-18/h3-9,12,15H,10-11,13-14H2,1-2H3,(H,23,28). The second-order valence-corrected chi connectivity index (χ2v) is 9.42. The lowest BCUT2D eigenvalue weighted by Gasteiger charge is -2.30. The van der Waals surface area contributed by atoms with Crippen molar-refractivity contribution in [2.24, 2.45) is 0 Å². The third-order valence-electron chi connectivity index (χ3n) is 5.47. The quantitative estimate of drug-likeness (QED) is 0.542. The van der Waals surface area contributed by atoms with E-state index in [0.717, 1.165) is 4.47 Å². The molecular weight excluding hydrogens is 448 g/mol. The third kappa shape index (κ3) is 5.02. The minimum absolute atomic E-state index is 0.0651. The molecule has 0 saturated carbocycles. The third-order valence-corrected chi connectivity index (χ3v) is 7.16. The summed E-state index contributed by atoms with van der Waals surface area (Å²) < 4.78 is 30.7. The molecule has 1 saturated heterocycles. The lowest BCUT2D eigenvalue weighted by molar-refractivity contribution is -0.0258. The van der Waals surface area contributed by atoms with Crippen molar-refractivity contribution < 1.29 is 22.6 Å². The molecule has 0 unspecified atom stereocenters. The van der Waals surface area contributed by atoms with Gasteiger partial charge in [0.2, 0.25) is 11.7 Å². The minimum atomic E-state index is -3.74. The fourth-order valence-electron chi connectivity index (χ4n) is 3.49. The number of carbonyl (C=O) groups excluding carboxylic acids is 1. The number of aromatic nitrogens is 3. The van der Waals surface area contributed by atoms with E-state index >= 15 is 0 Å². The van der Waals surface area contributed by atoms with Gasteiger partial charge in [0.05, 0.1) is 12.0 Å². The number of rotatable bonds is 6. The number of hydroxylamine groups is 1. The second kappa shape index (κ2) is 9.65. The zero-order valence-corrected chi connectivity index (χ0v) is 19.0. The summed E-state index contributed by atoms with van der Waals surface area (Å²) in [5.74, 6) is 1.07. The number of nitrogens with one attached hydrogen (secondary N) is 1. The van der Waals surface area contributed by atoms with Gasteiger partial charge in [0.15, 0.2) is 0 Å². The van der Waals surface area contributed by atoms with Crippen molar-refractivity contribution in [2.75, 3.05) is 32.6 Å². The van der Waals surface area contributed by atoms with Gasteiger partial charge in [0.1, 0.15) is 5.69 Å². The van der Waals surface area contributed by atoms with Crippen LogP contribution in [0.1, 0.15) is 24.7 Å². The SMILES string of the molecule is CON(C)S(=O)(=O)c1ccc(NC(=O)N2CCC(c3nc(-c4ccccn4)no3)CC2)cc1. The number of carbonyl (C=O) groups is 1. The molecular formula is C21H24N6O5S. The maximum absolute atomic E-state index is 12.6. The van der Waals surface area contributed by atoms with Crippen LogP contribution >= 0.6 is 0 Å². The Balaban J connectivity index is 1.32. The van der Waals surface area contributed by atoms with Gasteiger partial charge in [-0.15, -0.1) is 0 Å². The molecule has 2 amide bonds. The number of piperidine rings is 1. The van der Waals surface area contributed by atoms with Gasteiger partial charge in [0.25, 0.3) is 10.0 Å². The molecule has 1 aliphatic heterocycles. The highest BCUT2D eigenvalue weighted by molar-refractivity contribution is 7.89. The predicted octanol–water partition coefficient (Wildman–Crippen LogP) is 2.73. The monoisotopic (exact) mass is 472 g/mol. The first-order valence-corrected chi connectivity index (χ1v) is 11.8. The van der Waals surface area contributed by atoms with Crippen LogP contribution < -0.4 is 5.32 Å². The van der Waals surface area contributed by atoms with E-state index in [0.29, 0.717) is 49.0 Å². The van der Waals surface area contributed by atoms with Crippen LogP contribution in [0, 0.1) is 0 Å². The van der Waals surface area contributed by atoms with Crippen LogP contribution in [0.25, 0.3) is 11.5 Å². The number of likely N-dealkylation sites (tertiary alicyclic amines) is 1. The van der Waals surface area contributed by atoms with Crippen LogP contribution in [-0.2, 0) is 14.9 Å². The Morgan fingerprint density at radius 1 is 1.18 bits per heavy atom. The number of hydrogen-bond acceptors (Lipinski definition) is 8. The molecule has 0 spiro atoms. The molecule has 1 fully saturated rings. The number of pyridine rings is 1. The molecule has 0 aliphatic carbocycles. The molecule has 0 bridgehead atoms. The van der Waals surface area contributed by atoms with Crippen molar-refractivity contribution in [1.29, 1.82) is 0 Å². The summed E-state index contributed by atoms with van der Waals surface area (Å²) in [5, 5.41) is 6.82. The predicted molar refractivity (Wildman–Crippen MR) is 118 cm³/mol. The van der Waals surface area contributed by atoms with Crippen molar-refractivity contribution in [3.05, 3.63) is 54.6 Å². The van der Waals surface area contributed by atoms with E-state index in [1.54, 1.807) is 23.2 Å². The summed E-state index contributed by atoms with van der Waals surface area (Å²) in [6, 6.07) is 11.2. The maximum atomic E-state index is 12.6. The number of urea groups is 1. The molecule has 33 heavy (non-hydrogen) atoms. The number of benzene rings is 1. The lowest BCUT2D eigenvalue weighted by atomic mass is 9.97. The first-order chi connectivity index (χ1) is 15.9. The van der Waals surface area contributed by atoms with Gasteiger partial charge < -0.3 is 14.7 Å². The summed E-state index contributed by atoms with van der Waals surface area (Å²) in [4.78, 5) is 27.9. The lowest BCUT2D eigenvalue weighted by Crippen LogP contribution is -2.40. The molecule has 3 aromatic rings. The molecule has 1 N–H and O–H groups in total. The summed E-state index contributed by atoms with van der Waals surface area (Å²) in [7, 11) is -1.16. The van der Waals surface area contributed by atoms with E-state index in [9.17, 15) is 13.2 Å². The normalized spacial score (nSPS) is 15.1. The Labute approximate surface area is 191 Å². The Morgan fingerprint density at radius 2 is 1.91 bits per heavy atom. The maximum Gasteiger partial charge on any atom is 0.321 e. The van der Waals surface area contributed by atoms with Gasteiger partial charge in [-0.1, -0.05) is 15.7 Å². The number of sulfonamides is 1. The molecule has 0 radical (unpaired) electrons. The van der Waals surface area contributed by atoms with Crippen LogP contribution in [0.3, 0.4) is 0 Å². The number of amides is 2. The Kier molecular flexibility index (Phi) is 6.67. The average molecular weight is 473 g/mol. The van der Waals surface area contributed by atoms with Crippen LogP contribution in [0.15, 0.2) is 58.1 Å². The first-order valence-electron chi connectivity index (χ1n) is 10.3. The van der Waals surface area contributed by atoms with Crippen LogP contribution in [0.5, 0.6) is 0 Å². The van der Waals surface area contributed by atoms with Gasteiger partial charge in [0, 0.05) is 37.9 Å². The van der Waals surface area contributed by atoms with E-state index < -0.39 is 10.0 Å². The molecule has 1 aliphatic rings. The summed E-state index contributed by atoms with van der Waals surface area (Å²) in [6.45, 7) is 1.06. The van der Waals surface area contributed by atoms with E-state index in [2.05, 4.69) is 20.4 Å². The molecule has 2 aromatic heterocycles. The van der Waals surface area contributed by atoms with Crippen molar-refractivity contribution >= 4 is 21.7 Å². The summed E-state index contributed by atoms with van der Waals surface area (Å²) >= 11 is 0. The highest BCUT2D eigenvalue weighted by Gasteiger charge is 2.28. The molecule has 3 heterocycles. The zero-order chi connectivity index (χ0) is 23.4. The minimum Gasteiger partial charge on any atom is -0.339 e. The largest absolute Gasteiger partial charge is 0.339 e. The molecule has 1 aromatic carbocycles. The molecule has 174 valence electrons.